The molecule has 0 N–H and O–H groups in total. The van der Waals surface area contributed by atoms with E-state index in [0.29, 0.717) is 18.7 Å². The highest BCUT2D eigenvalue weighted by atomic mass is 35.5. The number of piperazine rings is 1. The summed E-state index contributed by atoms with van der Waals surface area (Å²) in [5.41, 5.74) is -2.07. The molecule has 3 aliphatic rings. The van der Waals surface area contributed by atoms with Crippen LogP contribution in [0.3, 0.4) is 0 Å². The molecule has 3 amide bonds. The van der Waals surface area contributed by atoms with Gasteiger partial charge in [-0.3, -0.25) is 19.3 Å². The van der Waals surface area contributed by atoms with Crippen LogP contribution in [-0.4, -0.2) is 57.7 Å². The van der Waals surface area contributed by atoms with Gasteiger partial charge in [0.2, 0.25) is 11.8 Å². The Bertz CT molecular complexity index is 1250. The van der Waals surface area contributed by atoms with Crippen LogP contribution in [0.4, 0.5) is 23.4 Å². The number of pyridine rings is 1. The van der Waals surface area contributed by atoms with Gasteiger partial charge in [0.05, 0.1) is 10.6 Å². The molecular weight excluding hydrogens is 504 g/mol. The van der Waals surface area contributed by atoms with E-state index >= 15 is 0 Å². The Morgan fingerprint density at radius 1 is 1.14 bits per heavy atom. The molecule has 2 aromatic rings. The highest BCUT2D eigenvalue weighted by Crippen LogP contribution is 2.58. The van der Waals surface area contributed by atoms with E-state index in [1.165, 1.54) is 30.2 Å². The second-order valence-corrected chi connectivity index (χ2v) is 10.2. The average Bonchev–Trinajstić information content (AvgIpc) is 2.73. The predicted octanol–water partition coefficient (Wildman–Crippen LogP) is 3.65. The van der Waals surface area contributed by atoms with Crippen LogP contribution in [0.5, 0.6) is 0 Å². The summed E-state index contributed by atoms with van der Waals surface area (Å²) in [6.45, 7) is 1.77. The highest BCUT2D eigenvalue weighted by Gasteiger charge is 2.69. The molecule has 7 nitrogen and oxygen atoms in total. The van der Waals surface area contributed by atoms with Crippen molar-refractivity contribution in [1.82, 2.24) is 14.8 Å². The number of hydrogen-bond acceptors (Lipinski definition) is 4. The zero-order chi connectivity index (χ0) is 26.0. The first-order valence-corrected chi connectivity index (χ1v) is 11.6. The van der Waals surface area contributed by atoms with Gasteiger partial charge in [-0.05, 0) is 36.6 Å². The maximum Gasteiger partial charge on any atom is 0.416 e. The van der Waals surface area contributed by atoms with E-state index < -0.39 is 41.5 Å². The van der Waals surface area contributed by atoms with Crippen LogP contribution in [0.15, 0.2) is 36.5 Å². The molecule has 2 spiro atoms. The molecular formula is C24H21ClF4N4O3. The lowest BCUT2D eigenvalue weighted by atomic mass is 9.52. The second kappa shape index (κ2) is 8.16. The van der Waals surface area contributed by atoms with E-state index in [9.17, 15) is 31.9 Å². The fraction of sp³-hybridized carbons (Fsp3) is 0.417. The Hall–Kier alpha value is -3.21. The van der Waals surface area contributed by atoms with Crippen molar-refractivity contribution in [3.8, 4) is 0 Å². The third-order valence-electron chi connectivity index (χ3n) is 7.25. The van der Waals surface area contributed by atoms with Crippen molar-refractivity contribution in [2.75, 3.05) is 24.5 Å². The Morgan fingerprint density at radius 3 is 2.33 bits per heavy atom. The van der Waals surface area contributed by atoms with E-state index in [-0.39, 0.29) is 41.5 Å². The quantitative estimate of drug-likeness (QED) is 0.575. The topological polar surface area (TPSA) is 73.8 Å². The number of alkyl halides is 3. The standard InChI is InChI=1S/C24H21ClF4N4O3/c1-14(34)31-12-22(13-31)10-23(11-22)21(36)32(20-18(26)6-17(25)7-30-20)9-19(35)33(23)8-15-2-4-16(5-3-15)24(27,28)29/h2-7H,8-13H2,1H3. The van der Waals surface area contributed by atoms with Gasteiger partial charge >= 0.3 is 6.18 Å². The first-order valence-electron chi connectivity index (χ1n) is 11.2. The van der Waals surface area contributed by atoms with Crippen molar-refractivity contribution in [2.45, 2.75) is 38.0 Å². The van der Waals surface area contributed by atoms with Crippen LogP contribution in [0.25, 0.3) is 0 Å². The van der Waals surface area contributed by atoms with Gasteiger partial charge in [-0.1, -0.05) is 23.7 Å². The minimum Gasteiger partial charge on any atom is -0.342 e. The molecule has 2 aliphatic heterocycles. The molecule has 2 saturated heterocycles. The van der Waals surface area contributed by atoms with Crippen LogP contribution < -0.4 is 4.90 Å². The minimum absolute atomic E-state index is 0.0343. The molecule has 12 heteroatoms. The molecule has 190 valence electrons. The van der Waals surface area contributed by atoms with Crippen LogP contribution in [0, 0.1) is 11.2 Å². The molecule has 3 fully saturated rings. The lowest BCUT2D eigenvalue weighted by molar-refractivity contribution is -0.191. The number of likely N-dealkylation sites (tertiary alicyclic amines) is 1. The van der Waals surface area contributed by atoms with E-state index in [4.69, 9.17) is 11.6 Å². The van der Waals surface area contributed by atoms with E-state index in [1.807, 2.05) is 0 Å². The molecule has 0 radical (unpaired) electrons. The first-order chi connectivity index (χ1) is 16.8. The molecule has 0 bridgehead atoms. The summed E-state index contributed by atoms with van der Waals surface area (Å²) in [5.74, 6) is -2.26. The van der Waals surface area contributed by atoms with E-state index in [2.05, 4.69) is 4.98 Å². The van der Waals surface area contributed by atoms with Crippen molar-refractivity contribution in [1.29, 1.82) is 0 Å². The molecule has 1 aromatic heterocycles. The van der Waals surface area contributed by atoms with E-state index in [0.717, 1.165) is 23.1 Å². The van der Waals surface area contributed by atoms with Crippen LogP contribution in [-0.2, 0) is 27.1 Å². The third-order valence-corrected chi connectivity index (χ3v) is 7.46. The van der Waals surface area contributed by atoms with Crippen LogP contribution >= 0.6 is 11.6 Å². The Morgan fingerprint density at radius 2 is 1.78 bits per heavy atom. The Labute approximate surface area is 208 Å². The van der Waals surface area contributed by atoms with Gasteiger partial charge in [0.1, 0.15) is 12.1 Å². The number of hydrogen-bond donors (Lipinski definition) is 0. The number of benzene rings is 1. The van der Waals surface area contributed by atoms with Gasteiger partial charge in [-0.2, -0.15) is 13.2 Å². The smallest absolute Gasteiger partial charge is 0.342 e. The highest BCUT2D eigenvalue weighted by molar-refractivity contribution is 6.30. The van der Waals surface area contributed by atoms with Gasteiger partial charge in [0.25, 0.3) is 5.91 Å². The number of aromatic nitrogens is 1. The van der Waals surface area contributed by atoms with Crippen molar-refractivity contribution >= 4 is 35.1 Å². The number of amides is 3. The first kappa shape index (κ1) is 24.5. The fourth-order valence-corrected chi connectivity index (χ4v) is 5.78. The summed E-state index contributed by atoms with van der Waals surface area (Å²) in [7, 11) is 0. The average molecular weight is 525 g/mol. The van der Waals surface area contributed by atoms with Gasteiger partial charge in [0, 0.05) is 38.2 Å². The monoisotopic (exact) mass is 524 g/mol. The molecule has 36 heavy (non-hydrogen) atoms. The predicted molar refractivity (Wildman–Crippen MR) is 120 cm³/mol. The van der Waals surface area contributed by atoms with Crippen molar-refractivity contribution < 1.29 is 31.9 Å². The number of carbonyl (C=O) groups is 3. The molecule has 1 saturated carbocycles. The summed E-state index contributed by atoms with van der Waals surface area (Å²) in [4.78, 5) is 46.8. The number of rotatable bonds is 3. The SMILES string of the molecule is CC(=O)N1CC2(C1)CC1(C2)C(=O)N(c2ncc(Cl)cc2F)CC(=O)N1Cc1ccc(C(F)(F)F)cc1. The van der Waals surface area contributed by atoms with E-state index in [1.54, 1.807) is 4.90 Å². The van der Waals surface area contributed by atoms with Crippen molar-refractivity contribution in [2.24, 2.45) is 5.41 Å². The Balaban J connectivity index is 1.46. The van der Waals surface area contributed by atoms with Gasteiger partial charge in [-0.15, -0.1) is 0 Å². The maximum absolute atomic E-state index is 14.7. The summed E-state index contributed by atoms with van der Waals surface area (Å²) < 4.78 is 53.6. The summed E-state index contributed by atoms with van der Waals surface area (Å²) in [5, 5.41) is 0.0343. The lowest BCUT2D eigenvalue weighted by Crippen LogP contribution is -2.80. The van der Waals surface area contributed by atoms with Crippen LogP contribution in [0.1, 0.15) is 30.9 Å². The second-order valence-electron chi connectivity index (χ2n) is 9.79. The number of carbonyl (C=O) groups excluding carboxylic acids is 3. The van der Waals surface area contributed by atoms with Crippen molar-refractivity contribution in [3.05, 3.63) is 58.5 Å². The number of nitrogens with zero attached hydrogens (tertiary/aromatic N) is 4. The molecule has 3 heterocycles. The summed E-state index contributed by atoms with van der Waals surface area (Å²) >= 11 is 5.79. The molecule has 0 unspecified atom stereocenters. The zero-order valence-electron chi connectivity index (χ0n) is 19.1. The fourth-order valence-electron chi connectivity index (χ4n) is 5.64. The van der Waals surface area contributed by atoms with Gasteiger partial charge < -0.3 is 9.80 Å². The van der Waals surface area contributed by atoms with Crippen molar-refractivity contribution in [3.63, 3.8) is 0 Å². The molecule has 5 rings (SSSR count). The number of anilines is 1. The zero-order valence-corrected chi connectivity index (χ0v) is 19.9. The summed E-state index contributed by atoms with van der Waals surface area (Å²) in [6.07, 6.45) is -2.82. The normalized spacial score (nSPS) is 20.6. The molecule has 0 atom stereocenters. The minimum atomic E-state index is -4.50. The molecule has 1 aromatic carbocycles. The summed E-state index contributed by atoms with van der Waals surface area (Å²) in [6, 6.07) is 5.40. The number of halogens is 5. The third kappa shape index (κ3) is 3.89. The lowest BCUT2D eigenvalue weighted by Gasteiger charge is -2.67. The Kier molecular flexibility index (Phi) is 5.55. The van der Waals surface area contributed by atoms with Gasteiger partial charge in [-0.25, -0.2) is 9.37 Å². The van der Waals surface area contributed by atoms with Gasteiger partial charge in [0.15, 0.2) is 11.6 Å². The maximum atomic E-state index is 14.7. The largest absolute Gasteiger partial charge is 0.416 e. The molecule has 1 aliphatic carbocycles. The van der Waals surface area contributed by atoms with Crippen LogP contribution in [0.2, 0.25) is 5.02 Å².